The van der Waals surface area contributed by atoms with Gasteiger partial charge in [0.05, 0.1) is 0 Å². The smallest absolute Gasteiger partial charge is 0.193 e. The monoisotopic (exact) mass is 251 g/mol. The first-order chi connectivity index (χ1) is 9.16. The van der Waals surface area contributed by atoms with Gasteiger partial charge in [-0.05, 0) is 55.2 Å². The lowest BCUT2D eigenvalue weighted by Gasteiger charge is -2.09. The van der Waals surface area contributed by atoms with Gasteiger partial charge in [-0.25, -0.2) is 0 Å². The van der Waals surface area contributed by atoms with Crippen molar-refractivity contribution in [2.75, 3.05) is 11.9 Å². The van der Waals surface area contributed by atoms with Crippen molar-refractivity contribution in [3.63, 3.8) is 0 Å². The molecule has 1 N–H and O–H groups in total. The predicted molar refractivity (Wildman–Crippen MR) is 78.0 cm³/mol. The van der Waals surface area contributed by atoms with E-state index in [4.69, 9.17) is 0 Å². The Morgan fingerprint density at radius 3 is 2.84 bits per heavy atom. The molecule has 0 aromatic heterocycles. The van der Waals surface area contributed by atoms with Gasteiger partial charge in [-0.15, -0.1) is 0 Å². The Bertz CT molecular complexity index is 658. The minimum absolute atomic E-state index is 0.121. The van der Waals surface area contributed by atoms with Crippen LogP contribution < -0.4 is 5.32 Å². The van der Waals surface area contributed by atoms with Crippen molar-refractivity contribution in [3.8, 4) is 0 Å². The number of benzene rings is 2. The Labute approximate surface area is 113 Å². The lowest BCUT2D eigenvalue weighted by molar-refractivity contribution is 0.103. The Morgan fingerprint density at radius 2 is 2.00 bits per heavy atom. The second-order valence-electron chi connectivity index (χ2n) is 5.13. The summed E-state index contributed by atoms with van der Waals surface area (Å²) in [7, 11) is 0. The van der Waals surface area contributed by atoms with Crippen molar-refractivity contribution in [1.82, 2.24) is 0 Å². The Hall–Kier alpha value is -2.09. The lowest BCUT2D eigenvalue weighted by atomic mass is 9.95. The summed E-state index contributed by atoms with van der Waals surface area (Å²) in [5.74, 6) is 0.121. The van der Waals surface area contributed by atoms with E-state index in [0.717, 1.165) is 40.9 Å². The minimum atomic E-state index is 0.121. The van der Waals surface area contributed by atoms with Gasteiger partial charge >= 0.3 is 0 Å². The number of rotatable bonds is 2. The normalized spacial score (nSPS) is 12.9. The van der Waals surface area contributed by atoms with Crippen molar-refractivity contribution in [3.05, 3.63) is 64.2 Å². The second-order valence-corrected chi connectivity index (χ2v) is 5.13. The fourth-order valence-electron chi connectivity index (χ4n) is 2.60. The van der Waals surface area contributed by atoms with E-state index in [1.807, 2.05) is 50.2 Å². The molecule has 2 heteroatoms. The zero-order chi connectivity index (χ0) is 13.4. The standard InChI is InChI=1S/C17H17NO/c1-11-4-3-5-15(12(11)2)17(19)14-6-7-16-13(10-14)8-9-18-16/h3-7,10,18H,8-9H2,1-2H3. The average molecular weight is 251 g/mol. The van der Waals surface area contributed by atoms with E-state index < -0.39 is 0 Å². The number of anilines is 1. The maximum atomic E-state index is 12.6. The molecule has 0 unspecified atom stereocenters. The molecule has 1 heterocycles. The molecule has 2 nitrogen and oxygen atoms in total. The molecule has 3 rings (SSSR count). The van der Waals surface area contributed by atoms with Crippen molar-refractivity contribution in [2.45, 2.75) is 20.3 Å². The van der Waals surface area contributed by atoms with Crippen LogP contribution in [0.25, 0.3) is 0 Å². The molecule has 0 atom stereocenters. The topological polar surface area (TPSA) is 29.1 Å². The van der Waals surface area contributed by atoms with Gasteiger partial charge < -0.3 is 5.32 Å². The van der Waals surface area contributed by atoms with E-state index in [2.05, 4.69) is 5.32 Å². The summed E-state index contributed by atoms with van der Waals surface area (Å²) in [4.78, 5) is 12.6. The highest BCUT2D eigenvalue weighted by molar-refractivity contribution is 6.10. The zero-order valence-corrected chi connectivity index (χ0v) is 11.3. The number of hydrogen-bond donors (Lipinski definition) is 1. The number of carbonyl (C=O) groups excluding carboxylic acids is 1. The zero-order valence-electron chi connectivity index (χ0n) is 11.3. The number of hydrogen-bond acceptors (Lipinski definition) is 2. The van der Waals surface area contributed by atoms with Gasteiger partial charge in [-0.1, -0.05) is 18.2 Å². The number of ketones is 1. The van der Waals surface area contributed by atoms with E-state index in [1.54, 1.807) is 0 Å². The molecule has 0 fully saturated rings. The molecule has 0 radical (unpaired) electrons. The fourth-order valence-corrected chi connectivity index (χ4v) is 2.60. The minimum Gasteiger partial charge on any atom is -0.384 e. The van der Waals surface area contributed by atoms with Gasteiger partial charge in [0.15, 0.2) is 5.78 Å². The third-order valence-corrected chi connectivity index (χ3v) is 3.93. The van der Waals surface area contributed by atoms with Gasteiger partial charge in [0.1, 0.15) is 0 Å². The number of carbonyl (C=O) groups is 1. The number of aryl methyl sites for hydroxylation is 1. The van der Waals surface area contributed by atoms with E-state index in [0.29, 0.717) is 0 Å². The molecule has 1 aliphatic heterocycles. The number of fused-ring (bicyclic) bond motifs is 1. The van der Waals surface area contributed by atoms with Crippen LogP contribution in [-0.2, 0) is 6.42 Å². The first-order valence-electron chi connectivity index (χ1n) is 6.64. The van der Waals surface area contributed by atoms with Crippen molar-refractivity contribution < 1.29 is 4.79 Å². The van der Waals surface area contributed by atoms with Gasteiger partial charge in [-0.3, -0.25) is 4.79 Å². The first kappa shape index (κ1) is 12.0. The van der Waals surface area contributed by atoms with Crippen LogP contribution in [0.3, 0.4) is 0 Å². The lowest BCUT2D eigenvalue weighted by Crippen LogP contribution is -2.05. The molecule has 1 aliphatic rings. The highest BCUT2D eigenvalue weighted by Crippen LogP contribution is 2.25. The highest BCUT2D eigenvalue weighted by atomic mass is 16.1. The van der Waals surface area contributed by atoms with Crippen molar-refractivity contribution >= 4 is 11.5 Å². The third kappa shape index (κ3) is 2.03. The highest BCUT2D eigenvalue weighted by Gasteiger charge is 2.16. The van der Waals surface area contributed by atoms with Crippen LogP contribution in [0.1, 0.15) is 32.6 Å². The summed E-state index contributed by atoms with van der Waals surface area (Å²) in [6.07, 6.45) is 1.00. The van der Waals surface area contributed by atoms with Gasteiger partial charge in [0.2, 0.25) is 0 Å². The summed E-state index contributed by atoms with van der Waals surface area (Å²) in [6.45, 7) is 5.02. The molecule has 96 valence electrons. The first-order valence-corrected chi connectivity index (χ1v) is 6.64. The van der Waals surface area contributed by atoms with E-state index in [9.17, 15) is 4.79 Å². The maximum Gasteiger partial charge on any atom is 0.193 e. The molecule has 19 heavy (non-hydrogen) atoms. The van der Waals surface area contributed by atoms with Crippen LogP contribution in [0.2, 0.25) is 0 Å². The Morgan fingerprint density at radius 1 is 1.16 bits per heavy atom. The summed E-state index contributed by atoms with van der Waals surface area (Å²) in [5, 5.41) is 3.32. The summed E-state index contributed by atoms with van der Waals surface area (Å²) in [6, 6.07) is 11.9. The molecular weight excluding hydrogens is 234 g/mol. The van der Waals surface area contributed by atoms with Crippen molar-refractivity contribution in [2.24, 2.45) is 0 Å². The predicted octanol–water partition coefficient (Wildman–Crippen LogP) is 3.50. The molecule has 0 saturated heterocycles. The molecule has 0 spiro atoms. The van der Waals surface area contributed by atoms with E-state index in [-0.39, 0.29) is 5.78 Å². The molecular formula is C17H17NO. The van der Waals surface area contributed by atoms with Crippen LogP contribution in [0.15, 0.2) is 36.4 Å². The SMILES string of the molecule is Cc1cccc(C(=O)c2ccc3c(c2)CCN3)c1C. The summed E-state index contributed by atoms with van der Waals surface area (Å²) < 4.78 is 0. The van der Waals surface area contributed by atoms with E-state index in [1.165, 1.54) is 5.56 Å². The van der Waals surface area contributed by atoms with E-state index >= 15 is 0 Å². The summed E-state index contributed by atoms with van der Waals surface area (Å²) in [5.41, 5.74) is 6.25. The van der Waals surface area contributed by atoms with Gasteiger partial charge in [-0.2, -0.15) is 0 Å². The van der Waals surface area contributed by atoms with Crippen LogP contribution in [0.4, 0.5) is 5.69 Å². The van der Waals surface area contributed by atoms with Gasteiger partial charge in [0, 0.05) is 23.4 Å². The molecule has 2 aromatic carbocycles. The van der Waals surface area contributed by atoms with Crippen LogP contribution in [0, 0.1) is 13.8 Å². The number of nitrogens with one attached hydrogen (secondary N) is 1. The van der Waals surface area contributed by atoms with Crippen LogP contribution in [-0.4, -0.2) is 12.3 Å². The summed E-state index contributed by atoms with van der Waals surface area (Å²) >= 11 is 0. The quantitative estimate of drug-likeness (QED) is 0.828. The van der Waals surface area contributed by atoms with Crippen molar-refractivity contribution in [1.29, 1.82) is 0 Å². The molecule has 0 aliphatic carbocycles. The molecule has 0 bridgehead atoms. The largest absolute Gasteiger partial charge is 0.384 e. The van der Waals surface area contributed by atoms with Gasteiger partial charge in [0.25, 0.3) is 0 Å². The Kier molecular flexibility index (Phi) is 2.86. The average Bonchev–Trinajstić information content (AvgIpc) is 2.88. The van der Waals surface area contributed by atoms with Crippen LogP contribution >= 0.6 is 0 Å². The third-order valence-electron chi connectivity index (χ3n) is 3.93. The second kappa shape index (κ2) is 4.54. The Balaban J connectivity index is 2.02. The van der Waals surface area contributed by atoms with Crippen LogP contribution in [0.5, 0.6) is 0 Å². The molecule has 0 saturated carbocycles. The molecule has 2 aromatic rings. The maximum absolute atomic E-state index is 12.6. The fraction of sp³-hybridized carbons (Fsp3) is 0.235. The molecule has 0 amide bonds.